The van der Waals surface area contributed by atoms with E-state index in [-0.39, 0.29) is 53.0 Å². The van der Waals surface area contributed by atoms with Crippen LogP contribution in [0.2, 0.25) is 0 Å². The summed E-state index contributed by atoms with van der Waals surface area (Å²) < 4.78 is 5.14. The Labute approximate surface area is 277 Å². The number of ether oxygens (including phenoxy) is 1. The molecule has 48 heavy (non-hydrogen) atoms. The first kappa shape index (κ1) is 35.6. The molecular weight excluding hydrogens is 628 g/mol. The molecule has 3 fully saturated rings. The molecule has 5 rings (SSSR count). The van der Waals surface area contributed by atoms with Crippen molar-refractivity contribution in [2.24, 2.45) is 28.6 Å². The number of allylic oxidation sites excluding steroid dienone is 1. The Morgan fingerprint density at radius 3 is 2.54 bits per heavy atom. The summed E-state index contributed by atoms with van der Waals surface area (Å²) in [4.78, 5) is 62.4. The number of anilines is 1. The summed E-state index contributed by atoms with van der Waals surface area (Å²) in [6.45, 7) is 3.18. The van der Waals surface area contributed by atoms with Gasteiger partial charge in [0.15, 0.2) is 18.4 Å². The molecule has 14 heteroatoms. The number of nitrogens with one attached hydrogen (secondary N) is 1. The van der Waals surface area contributed by atoms with E-state index in [1.807, 2.05) is 6.92 Å². The van der Waals surface area contributed by atoms with Gasteiger partial charge >= 0.3 is 11.9 Å². The summed E-state index contributed by atoms with van der Waals surface area (Å²) in [5, 5.41) is 65.3. The standard InChI is InChI=1S/C34H43N2O12/c1-32-12-10-21(37)15-19(32)6-7-22-23-11-13-34(45,33(23,2)16-24(38)28(22)32)25(39)17-48-27(41)9-8-26(40)35-29(31(43)44)30(42)18-4-3-5-20(14-18)36(46)47/h3-5,14-15,22-24,28-30,38,42,45-46H,6-13,16-17H2,1-2H3,(H,35,40)(H,43,44)/q-1/t22-,23+,24+,28-,29+,30+,32+,33-,34+/m1/s1. The minimum Gasteiger partial charge on any atom is -0.733 e. The van der Waals surface area contributed by atoms with E-state index in [0.29, 0.717) is 19.3 Å². The van der Waals surface area contributed by atoms with Gasteiger partial charge in [-0.25, -0.2) is 4.79 Å². The monoisotopic (exact) mass is 671 g/mol. The van der Waals surface area contributed by atoms with Crippen molar-refractivity contribution in [2.45, 2.75) is 95.5 Å². The fraction of sp³-hybridized carbons (Fsp3) is 0.618. The zero-order valence-electron chi connectivity index (χ0n) is 27.0. The van der Waals surface area contributed by atoms with Gasteiger partial charge in [0, 0.05) is 18.3 Å². The molecule has 9 atom stereocenters. The van der Waals surface area contributed by atoms with Gasteiger partial charge in [-0.15, -0.1) is 0 Å². The second kappa shape index (κ2) is 13.3. The van der Waals surface area contributed by atoms with Crippen molar-refractivity contribution >= 4 is 35.1 Å². The number of rotatable bonds is 11. The van der Waals surface area contributed by atoms with Crippen molar-refractivity contribution in [1.82, 2.24) is 5.32 Å². The second-order valence-electron chi connectivity index (χ2n) is 14.3. The summed E-state index contributed by atoms with van der Waals surface area (Å²) in [7, 11) is 0. The van der Waals surface area contributed by atoms with Crippen molar-refractivity contribution < 1.29 is 54.3 Å². The first-order chi connectivity index (χ1) is 22.5. The molecule has 4 aliphatic rings. The van der Waals surface area contributed by atoms with Gasteiger partial charge in [-0.2, -0.15) is 0 Å². The van der Waals surface area contributed by atoms with Crippen LogP contribution in [0.25, 0.3) is 0 Å². The van der Waals surface area contributed by atoms with Gasteiger partial charge in [-0.1, -0.05) is 31.6 Å². The van der Waals surface area contributed by atoms with Crippen LogP contribution in [0.5, 0.6) is 0 Å². The largest absolute Gasteiger partial charge is 0.733 e. The lowest BCUT2D eigenvalue weighted by Crippen LogP contribution is -2.62. The molecule has 0 aromatic heterocycles. The highest BCUT2D eigenvalue weighted by atomic mass is 16.8. The Balaban J connectivity index is 1.16. The normalized spacial score (nSPS) is 33.6. The number of esters is 1. The summed E-state index contributed by atoms with van der Waals surface area (Å²) in [6, 6.07) is 3.01. The Bertz CT molecular complexity index is 1510. The summed E-state index contributed by atoms with van der Waals surface area (Å²) >= 11 is 0. The molecule has 0 aliphatic heterocycles. The number of ketones is 2. The summed E-state index contributed by atoms with van der Waals surface area (Å²) in [5.74, 6) is -4.14. The lowest BCUT2D eigenvalue weighted by molar-refractivity contribution is -0.184. The number of aliphatic hydroxyl groups is 3. The van der Waals surface area contributed by atoms with Gasteiger partial charge in [0.2, 0.25) is 11.7 Å². The Kier molecular flexibility index (Phi) is 9.88. The third-order valence-corrected chi connectivity index (χ3v) is 11.8. The number of nitrogens with zero attached hydrogens (tertiary/aromatic N) is 1. The molecule has 0 bridgehead atoms. The van der Waals surface area contributed by atoms with E-state index in [1.54, 1.807) is 6.08 Å². The molecule has 3 saturated carbocycles. The molecule has 14 nitrogen and oxygen atoms in total. The van der Waals surface area contributed by atoms with Crippen LogP contribution in [0.3, 0.4) is 0 Å². The molecular formula is C34H43N2O12-. The van der Waals surface area contributed by atoms with Crippen LogP contribution < -0.4 is 10.5 Å². The van der Waals surface area contributed by atoms with Crippen molar-refractivity contribution in [2.75, 3.05) is 11.8 Å². The van der Waals surface area contributed by atoms with E-state index < -0.39 is 77.6 Å². The summed E-state index contributed by atoms with van der Waals surface area (Å²) in [6.07, 6.45) is 1.53. The Hall–Kier alpha value is -3.69. The van der Waals surface area contributed by atoms with Crippen molar-refractivity contribution in [3.8, 4) is 0 Å². The van der Waals surface area contributed by atoms with Crippen molar-refractivity contribution in [3.63, 3.8) is 0 Å². The minimum atomic E-state index is -1.85. The van der Waals surface area contributed by atoms with Gasteiger partial charge in [0.1, 0.15) is 11.7 Å². The molecule has 1 aromatic carbocycles. The zero-order valence-corrected chi connectivity index (χ0v) is 27.0. The zero-order chi connectivity index (χ0) is 35.2. The van der Waals surface area contributed by atoms with Crippen LogP contribution in [-0.2, 0) is 28.7 Å². The van der Waals surface area contributed by atoms with Crippen LogP contribution in [0.4, 0.5) is 5.69 Å². The quantitative estimate of drug-likeness (QED) is 0.146. The maximum atomic E-state index is 13.5. The number of aliphatic hydroxyl groups excluding tert-OH is 2. The highest BCUT2D eigenvalue weighted by Crippen LogP contribution is 2.67. The number of carboxylic acid groups (broad SMARTS) is 1. The number of hydrogen-bond donors (Lipinski definition) is 6. The lowest BCUT2D eigenvalue weighted by atomic mass is 9.45. The Morgan fingerprint density at radius 1 is 1.12 bits per heavy atom. The van der Waals surface area contributed by atoms with Gasteiger partial charge < -0.3 is 40.9 Å². The molecule has 6 N–H and O–H groups in total. The topological polar surface area (TPSA) is 234 Å². The second-order valence-corrected chi connectivity index (χ2v) is 14.3. The Morgan fingerprint density at radius 2 is 1.85 bits per heavy atom. The number of fused-ring (bicyclic) bond motifs is 5. The third kappa shape index (κ3) is 6.27. The maximum absolute atomic E-state index is 13.5. The lowest BCUT2D eigenvalue weighted by Gasteiger charge is -2.60. The minimum absolute atomic E-state index is 0.0464. The molecule has 0 saturated heterocycles. The maximum Gasteiger partial charge on any atom is 0.329 e. The van der Waals surface area contributed by atoms with E-state index in [9.17, 15) is 49.6 Å². The number of carbonyl (C=O) groups excluding carboxylic acids is 4. The number of amides is 1. The van der Waals surface area contributed by atoms with Gasteiger partial charge in [-0.3, -0.25) is 24.4 Å². The van der Waals surface area contributed by atoms with Gasteiger partial charge in [0.05, 0.1) is 18.2 Å². The van der Waals surface area contributed by atoms with Crippen LogP contribution in [0.15, 0.2) is 35.9 Å². The fourth-order valence-electron chi connectivity index (χ4n) is 9.24. The predicted octanol–water partition coefficient (Wildman–Crippen LogP) is 2.11. The van der Waals surface area contributed by atoms with E-state index >= 15 is 0 Å². The number of benzene rings is 1. The molecule has 0 spiro atoms. The molecule has 1 aromatic rings. The average Bonchev–Trinajstić information content (AvgIpc) is 3.31. The number of hydrogen-bond acceptors (Lipinski definition) is 12. The number of aliphatic carboxylic acids is 1. The van der Waals surface area contributed by atoms with E-state index in [4.69, 9.17) is 9.94 Å². The van der Waals surface area contributed by atoms with Gasteiger partial charge in [0.25, 0.3) is 0 Å². The average molecular weight is 672 g/mol. The third-order valence-electron chi connectivity index (χ3n) is 11.8. The molecule has 0 heterocycles. The molecule has 262 valence electrons. The number of Topliss-reactive ketones (excluding diaryl/α,β-unsaturated/α-hetero) is 1. The number of carbonyl (C=O) groups is 5. The molecule has 0 unspecified atom stereocenters. The van der Waals surface area contributed by atoms with E-state index in [2.05, 4.69) is 12.2 Å². The highest BCUT2D eigenvalue weighted by molar-refractivity contribution is 5.92. The first-order valence-electron chi connectivity index (χ1n) is 16.3. The molecule has 4 aliphatic carbocycles. The van der Waals surface area contributed by atoms with Crippen LogP contribution in [-0.4, -0.2) is 79.4 Å². The van der Waals surface area contributed by atoms with E-state index in [1.165, 1.54) is 18.2 Å². The number of carboxylic acids is 1. The van der Waals surface area contributed by atoms with Crippen LogP contribution in [0.1, 0.15) is 83.3 Å². The fourth-order valence-corrected chi connectivity index (χ4v) is 9.24. The smallest absolute Gasteiger partial charge is 0.329 e. The first-order valence-corrected chi connectivity index (χ1v) is 16.3. The van der Waals surface area contributed by atoms with Crippen LogP contribution in [0, 0.1) is 33.8 Å². The predicted molar refractivity (Wildman–Crippen MR) is 167 cm³/mol. The molecule has 0 radical (unpaired) electrons. The van der Waals surface area contributed by atoms with Crippen LogP contribution >= 0.6 is 0 Å². The summed E-state index contributed by atoms with van der Waals surface area (Å²) in [5.41, 5.74) is -2.40. The van der Waals surface area contributed by atoms with E-state index in [0.717, 1.165) is 24.5 Å². The van der Waals surface area contributed by atoms with Crippen molar-refractivity contribution in [3.05, 3.63) is 46.7 Å². The molecule has 1 amide bonds. The SMILES string of the molecule is C[C@]12CCC(=O)C=C1CC[C@H]1[C@@H]2[C@@H](O)C[C@]2(C)[C@H]1CC[C@]2(O)C(=O)COC(=O)CCC(=O)N[C@H](C(=O)O)[C@@H](O)c1cccc(N([O-])O)c1. The van der Waals surface area contributed by atoms with Crippen molar-refractivity contribution in [1.29, 1.82) is 0 Å². The highest BCUT2D eigenvalue weighted by Gasteiger charge is 2.68. The van der Waals surface area contributed by atoms with Gasteiger partial charge in [-0.05, 0) is 85.5 Å².